The van der Waals surface area contributed by atoms with Crippen LogP contribution in [0.4, 0.5) is 10.5 Å². The normalized spacial score (nSPS) is 9.64. The Bertz CT molecular complexity index is 698. The molecule has 2 amide bonds. The Morgan fingerprint density at radius 1 is 1.23 bits per heavy atom. The molecule has 0 fully saturated rings. The van der Waals surface area contributed by atoms with Crippen molar-refractivity contribution < 1.29 is 9.53 Å². The highest BCUT2D eigenvalue weighted by Gasteiger charge is 2.03. The van der Waals surface area contributed by atoms with Crippen LogP contribution in [0.2, 0.25) is 5.02 Å². The maximum absolute atomic E-state index is 11.7. The third kappa shape index (κ3) is 4.69. The van der Waals surface area contributed by atoms with Gasteiger partial charge in [-0.1, -0.05) is 29.8 Å². The minimum absolute atomic E-state index is 0.301. The van der Waals surface area contributed by atoms with Gasteiger partial charge >= 0.3 is 6.03 Å². The SMILES string of the molecule is N#Cc1cccc(NC(=O)NCCOc2ccccc2Cl)c1. The van der Waals surface area contributed by atoms with Crippen molar-refractivity contribution in [2.24, 2.45) is 0 Å². The number of rotatable bonds is 5. The summed E-state index contributed by atoms with van der Waals surface area (Å²) in [5.41, 5.74) is 1.04. The molecule has 2 aromatic rings. The first kappa shape index (κ1) is 15.7. The second-order valence-electron chi connectivity index (χ2n) is 4.35. The van der Waals surface area contributed by atoms with Crippen molar-refractivity contribution in [3.8, 4) is 11.8 Å². The van der Waals surface area contributed by atoms with Gasteiger partial charge in [0.2, 0.25) is 0 Å². The number of nitrogens with one attached hydrogen (secondary N) is 2. The van der Waals surface area contributed by atoms with Crippen LogP contribution >= 0.6 is 11.6 Å². The van der Waals surface area contributed by atoms with Crippen molar-refractivity contribution in [3.05, 3.63) is 59.1 Å². The molecule has 2 rings (SSSR count). The summed E-state index contributed by atoms with van der Waals surface area (Å²) < 4.78 is 5.46. The van der Waals surface area contributed by atoms with Gasteiger partial charge < -0.3 is 15.4 Å². The molecule has 0 aromatic heterocycles. The maximum atomic E-state index is 11.7. The minimum atomic E-state index is -0.363. The van der Waals surface area contributed by atoms with Crippen LogP contribution in [0, 0.1) is 11.3 Å². The van der Waals surface area contributed by atoms with Crippen molar-refractivity contribution in [2.45, 2.75) is 0 Å². The van der Waals surface area contributed by atoms with Gasteiger partial charge in [0.25, 0.3) is 0 Å². The van der Waals surface area contributed by atoms with E-state index in [2.05, 4.69) is 10.6 Å². The average Bonchev–Trinajstić information content (AvgIpc) is 2.53. The fourth-order valence-electron chi connectivity index (χ4n) is 1.73. The van der Waals surface area contributed by atoms with Crippen LogP contribution in [-0.2, 0) is 0 Å². The molecule has 22 heavy (non-hydrogen) atoms. The van der Waals surface area contributed by atoms with Crippen LogP contribution in [0.1, 0.15) is 5.56 Å². The number of halogens is 1. The Hall–Kier alpha value is -2.71. The molecule has 112 valence electrons. The number of amides is 2. The predicted molar refractivity (Wildman–Crippen MR) is 85.1 cm³/mol. The summed E-state index contributed by atoms with van der Waals surface area (Å²) in [6, 6.07) is 15.5. The predicted octanol–water partition coefficient (Wildman–Crippen LogP) is 3.41. The van der Waals surface area contributed by atoms with E-state index in [4.69, 9.17) is 21.6 Å². The van der Waals surface area contributed by atoms with Gasteiger partial charge in [0, 0.05) is 5.69 Å². The van der Waals surface area contributed by atoms with Crippen molar-refractivity contribution in [1.82, 2.24) is 5.32 Å². The molecule has 0 heterocycles. The Labute approximate surface area is 133 Å². The lowest BCUT2D eigenvalue weighted by Gasteiger charge is -2.10. The molecule has 6 heteroatoms. The number of nitrogens with zero attached hydrogens (tertiary/aromatic N) is 1. The first-order valence-electron chi connectivity index (χ1n) is 6.61. The second-order valence-corrected chi connectivity index (χ2v) is 4.76. The summed E-state index contributed by atoms with van der Waals surface area (Å²) in [7, 11) is 0. The Morgan fingerprint density at radius 2 is 2.05 bits per heavy atom. The zero-order valence-corrected chi connectivity index (χ0v) is 12.4. The molecule has 0 radical (unpaired) electrons. The molecule has 0 saturated carbocycles. The van der Waals surface area contributed by atoms with E-state index in [0.29, 0.717) is 35.2 Å². The zero-order valence-electron chi connectivity index (χ0n) is 11.7. The summed E-state index contributed by atoms with van der Waals surface area (Å²) in [5, 5.41) is 14.6. The number of para-hydroxylation sites is 1. The Kier molecular flexibility index (Phi) is 5.64. The molecule has 0 saturated heterocycles. The van der Waals surface area contributed by atoms with Gasteiger partial charge in [-0.15, -0.1) is 0 Å². The first-order valence-corrected chi connectivity index (χ1v) is 6.99. The summed E-state index contributed by atoms with van der Waals surface area (Å²) >= 11 is 5.95. The first-order chi connectivity index (χ1) is 10.7. The fourth-order valence-corrected chi connectivity index (χ4v) is 1.92. The molecule has 2 aromatic carbocycles. The topological polar surface area (TPSA) is 74.2 Å². The van der Waals surface area contributed by atoms with E-state index in [-0.39, 0.29) is 6.03 Å². The van der Waals surface area contributed by atoms with Crippen LogP contribution in [0.25, 0.3) is 0 Å². The summed E-state index contributed by atoms with van der Waals surface area (Å²) in [4.78, 5) is 11.7. The molecule has 0 unspecified atom stereocenters. The second kappa shape index (κ2) is 7.91. The minimum Gasteiger partial charge on any atom is -0.490 e. The van der Waals surface area contributed by atoms with Crippen LogP contribution in [-0.4, -0.2) is 19.2 Å². The van der Waals surface area contributed by atoms with Crippen molar-refractivity contribution >= 4 is 23.3 Å². The van der Waals surface area contributed by atoms with E-state index >= 15 is 0 Å². The summed E-state index contributed by atoms with van der Waals surface area (Å²) in [6.45, 7) is 0.629. The Morgan fingerprint density at radius 3 is 2.82 bits per heavy atom. The van der Waals surface area contributed by atoms with Gasteiger partial charge in [-0.2, -0.15) is 5.26 Å². The molecule has 0 atom stereocenters. The van der Waals surface area contributed by atoms with Crippen LogP contribution in [0.3, 0.4) is 0 Å². The molecule has 0 aliphatic heterocycles. The fraction of sp³-hybridized carbons (Fsp3) is 0.125. The lowest BCUT2D eigenvalue weighted by molar-refractivity contribution is 0.247. The molecular formula is C16H14ClN3O2. The lowest BCUT2D eigenvalue weighted by Crippen LogP contribution is -2.32. The van der Waals surface area contributed by atoms with E-state index in [1.165, 1.54) is 0 Å². The third-order valence-electron chi connectivity index (χ3n) is 2.73. The summed E-state index contributed by atoms with van der Waals surface area (Å²) in [5.74, 6) is 0.577. The number of hydrogen-bond acceptors (Lipinski definition) is 3. The molecule has 0 aliphatic carbocycles. The monoisotopic (exact) mass is 315 g/mol. The molecule has 2 N–H and O–H groups in total. The number of hydrogen-bond donors (Lipinski definition) is 2. The van der Waals surface area contributed by atoms with Crippen molar-refractivity contribution in [2.75, 3.05) is 18.5 Å². The standard InChI is InChI=1S/C16H14ClN3O2/c17-14-6-1-2-7-15(14)22-9-8-19-16(21)20-13-5-3-4-12(10-13)11-18/h1-7,10H,8-9H2,(H2,19,20,21). The highest BCUT2D eigenvalue weighted by Crippen LogP contribution is 2.22. The van der Waals surface area contributed by atoms with E-state index in [0.717, 1.165) is 0 Å². The lowest BCUT2D eigenvalue weighted by atomic mass is 10.2. The van der Waals surface area contributed by atoms with Crippen molar-refractivity contribution in [3.63, 3.8) is 0 Å². The number of carbonyl (C=O) groups is 1. The van der Waals surface area contributed by atoms with Crippen LogP contribution in [0.15, 0.2) is 48.5 Å². The smallest absolute Gasteiger partial charge is 0.319 e. The third-order valence-corrected chi connectivity index (χ3v) is 3.04. The molecule has 5 nitrogen and oxygen atoms in total. The molecular weight excluding hydrogens is 302 g/mol. The van der Waals surface area contributed by atoms with E-state index in [9.17, 15) is 4.79 Å². The van der Waals surface area contributed by atoms with Gasteiger partial charge in [-0.3, -0.25) is 0 Å². The van der Waals surface area contributed by atoms with Crippen LogP contribution < -0.4 is 15.4 Å². The maximum Gasteiger partial charge on any atom is 0.319 e. The number of benzene rings is 2. The van der Waals surface area contributed by atoms with Crippen molar-refractivity contribution in [1.29, 1.82) is 5.26 Å². The zero-order chi connectivity index (χ0) is 15.8. The van der Waals surface area contributed by atoms with Gasteiger partial charge in [0.05, 0.1) is 23.2 Å². The highest BCUT2D eigenvalue weighted by molar-refractivity contribution is 6.32. The number of ether oxygens (including phenoxy) is 1. The van der Waals surface area contributed by atoms with Gasteiger partial charge in [-0.25, -0.2) is 4.79 Å². The van der Waals surface area contributed by atoms with Gasteiger partial charge in [0.15, 0.2) is 0 Å². The number of carbonyl (C=O) groups excluding carboxylic acids is 1. The number of nitriles is 1. The molecule has 0 spiro atoms. The van der Waals surface area contributed by atoms with Gasteiger partial charge in [-0.05, 0) is 30.3 Å². The average molecular weight is 316 g/mol. The van der Waals surface area contributed by atoms with E-state index in [1.54, 1.807) is 36.4 Å². The van der Waals surface area contributed by atoms with E-state index in [1.807, 2.05) is 18.2 Å². The van der Waals surface area contributed by atoms with Crippen LogP contribution in [0.5, 0.6) is 5.75 Å². The summed E-state index contributed by atoms with van der Waals surface area (Å²) in [6.07, 6.45) is 0. The Balaban J connectivity index is 1.74. The highest BCUT2D eigenvalue weighted by atomic mass is 35.5. The quantitative estimate of drug-likeness (QED) is 0.830. The van der Waals surface area contributed by atoms with E-state index < -0.39 is 0 Å². The largest absolute Gasteiger partial charge is 0.490 e. The molecule has 0 aliphatic rings. The number of urea groups is 1. The molecule has 0 bridgehead atoms. The number of anilines is 1. The van der Waals surface area contributed by atoms with Gasteiger partial charge in [0.1, 0.15) is 12.4 Å².